The van der Waals surface area contributed by atoms with Crippen LogP contribution < -0.4 is 9.47 Å². The summed E-state index contributed by atoms with van der Waals surface area (Å²) in [5.74, 6) is 2.23. The van der Waals surface area contributed by atoms with Crippen molar-refractivity contribution in [2.45, 2.75) is 17.8 Å². The van der Waals surface area contributed by atoms with Crippen LogP contribution in [0.5, 0.6) is 23.0 Å². The van der Waals surface area contributed by atoms with Crippen LogP contribution >= 0.6 is 0 Å². The van der Waals surface area contributed by atoms with Gasteiger partial charge < -0.3 is 19.7 Å². The topological polar surface area (TPSA) is 58.9 Å². The minimum Gasteiger partial charge on any atom is -0.508 e. The average Bonchev–Trinajstić information content (AvgIpc) is 3.75. The lowest BCUT2D eigenvalue weighted by molar-refractivity contribution is 0.188. The Kier molecular flexibility index (Phi) is 8.64. The van der Waals surface area contributed by atoms with Gasteiger partial charge in [0, 0.05) is 5.92 Å². The van der Waals surface area contributed by atoms with E-state index >= 15 is 0 Å². The first-order valence-electron chi connectivity index (χ1n) is 19.9. The summed E-state index contributed by atoms with van der Waals surface area (Å²) in [4.78, 5) is 0. The van der Waals surface area contributed by atoms with Gasteiger partial charge in [-0.2, -0.15) is 0 Å². The normalized spacial score (nSPS) is 14.0. The second-order valence-corrected chi connectivity index (χ2v) is 15.6. The van der Waals surface area contributed by atoms with Crippen LogP contribution in [0.1, 0.15) is 51.4 Å². The molecule has 0 fully saturated rings. The first-order valence-corrected chi connectivity index (χ1v) is 19.9. The number of phenolic OH excluding ortho intramolecular Hbond substituents is 2. The van der Waals surface area contributed by atoms with E-state index in [0.29, 0.717) is 13.2 Å². The van der Waals surface area contributed by atoms with Gasteiger partial charge in [0.25, 0.3) is 0 Å². The molecule has 0 heterocycles. The fraction of sp³-hybridized carbons (Fsp3) is 0.111. The molecule has 0 bridgehead atoms. The van der Waals surface area contributed by atoms with E-state index in [0.717, 1.165) is 33.8 Å². The zero-order valence-electron chi connectivity index (χ0n) is 32.2. The van der Waals surface area contributed by atoms with E-state index < -0.39 is 10.8 Å². The SMILES string of the molecule is CC(COc1ccc(C2(c3ccc(O)cc3)c3ccccc3-c3ccccc32)cc1)COc1ccc(C2(c3ccc(O)cc3)c3ccccc3-c3ccccc32)cc1. The molecule has 2 N–H and O–H groups in total. The number of rotatable bonds is 10. The Bertz CT molecular complexity index is 2470. The predicted molar refractivity (Wildman–Crippen MR) is 231 cm³/mol. The molecule has 282 valence electrons. The lowest BCUT2D eigenvalue weighted by Gasteiger charge is -2.34. The van der Waals surface area contributed by atoms with Crippen molar-refractivity contribution >= 4 is 0 Å². The Morgan fingerprint density at radius 1 is 0.362 bits per heavy atom. The molecule has 0 spiro atoms. The average molecular weight is 755 g/mol. The van der Waals surface area contributed by atoms with Gasteiger partial charge in [-0.25, -0.2) is 0 Å². The molecule has 8 aromatic rings. The van der Waals surface area contributed by atoms with Crippen molar-refractivity contribution in [3.63, 3.8) is 0 Å². The monoisotopic (exact) mass is 754 g/mol. The van der Waals surface area contributed by atoms with Crippen LogP contribution in [-0.2, 0) is 10.8 Å². The molecule has 0 aliphatic heterocycles. The predicted octanol–water partition coefficient (Wildman–Crippen LogP) is 11.9. The lowest BCUT2D eigenvalue weighted by Crippen LogP contribution is -2.28. The van der Waals surface area contributed by atoms with E-state index in [1.54, 1.807) is 24.3 Å². The van der Waals surface area contributed by atoms with Crippen LogP contribution in [0.2, 0.25) is 0 Å². The van der Waals surface area contributed by atoms with Crippen molar-refractivity contribution in [1.82, 2.24) is 0 Å². The molecular weight excluding hydrogens is 713 g/mol. The third-order valence-electron chi connectivity index (χ3n) is 12.1. The molecule has 8 aromatic carbocycles. The number of hydrogen-bond acceptors (Lipinski definition) is 4. The number of benzene rings is 8. The van der Waals surface area contributed by atoms with Gasteiger partial charge in [0.2, 0.25) is 0 Å². The van der Waals surface area contributed by atoms with Crippen LogP contribution in [0.3, 0.4) is 0 Å². The van der Waals surface area contributed by atoms with Crippen molar-refractivity contribution in [3.8, 4) is 45.3 Å². The van der Waals surface area contributed by atoms with Gasteiger partial charge in [-0.05, 0) is 115 Å². The number of aromatic hydroxyl groups is 2. The third-order valence-corrected chi connectivity index (χ3v) is 12.1. The summed E-state index contributed by atoms with van der Waals surface area (Å²) in [6.45, 7) is 3.15. The second kappa shape index (κ2) is 14.2. The molecule has 58 heavy (non-hydrogen) atoms. The summed E-state index contributed by atoms with van der Waals surface area (Å²) >= 11 is 0. The molecule has 10 rings (SSSR count). The Labute approximate surface area is 339 Å². The smallest absolute Gasteiger partial charge is 0.119 e. The summed E-state index contributed by atoms with van der Waals surface area (Å²) in [5.41, 5.74) is 13.2. The maximum Gasteiger partial charge on any atom is 0.119 e. The molecule has 0 unspecified atom stereocenters. The molecular formula is C54H42O4. The quantitative estimate of drug-likeness (QED) is 0.146. The molecule has 4 nitrogen and oxygen atoms in total. The first kappa shape index (κ1) is 35.4. The van der Waals surface area contributed by atoms with E-state index in [2.05, 4.69) is 153 Å². The Balaban J connectivity index is 0.871. The zero-order chi connectivity index (χ0) is 39.3. The standard InChI is InChI=1S/C54H42O4/c1-36(34-57-43-30-22-39(23-31-43)53(37-18-26-41(55)27-19-37)49-14-6-2-10-45(49)46-11-3-7-15-50(46)53)35-58-44-32-24-40(25-33-44)54(38-20-28-42(56)29-21-38)51-16-8-4-12-47(51)48-13-5-9-17-52(48)54/h2-33,36,55-56H,34-35H2,1H3. The molecule has 0 saturated carbocycles. The van der Waals surface area contributed by atoms with Gasteiger partial charge in [-0.15, -0.1) is 0 Å². The zero-order valence-corrected chi connectivity index (χ0v) is 32.2. The van der Waals surface area contributed by atoms with Gasteiger partial charge >= 0.3 is 0 Å². The molecule has 0 saturated heterocycles. The van der Waals surface area contributed by atoms with Gasteiger partial charge in [0.15, 0.2) is 0 Å². The Morgan fingerprint density at radius 2 is 0.621 bits per heavy atom. The highest BCUT2D eigenvalue weighted by atomic mass is 16.5. The first-order chi connectivity index (χ1) is 28.5. The molecule has 0 amide bonds. The largest absolute Gasteiger partial charge is 0.508 e. The summed E-state index contributed by atoms with van der Waals surface area (Å²) in [6.07, 6.45) is 0. The van der Waals surface area contributed by atoms with Crippen molar-refractivity contribution in [3.05, 3.63) is 239 Å². The highest BCUT2D eigenvalue weighted by Gasteiger charge is 2.47. The highest BCUT2D eigenvalue weighted by Crippen LogP contribution is 2.57. The number of hydrogen-bond donors (Lipinski definition) is 2. The van der Waals surface area contributed by atoms with E-state index in [9.17, 15) is 10.2 Å². The van der Waals surface area contributed by atoms with Crippen molar-refractivity contribution in [2.75, 3.05) is 13.2 Å². The summed E-state index contributed by atoms with van der Waals surface area (Å²) in [5, 5.41) is 20.4. The van der Waals surface area contributed by atoms with E-state index in [1.807, 2.05) is 24.3 Å². The number of ether oxygens (including phenoxy) is 2. The van der Waals surface area contributed by atoms with Crippen molar-refractivity contribution < 1.29 is 19.7 Å². The second-order valence-electron chi connectivity index (χ2n) is 15.6. The van der Waals surface area contributed by atoms with Gasteiger partial charge in [0.1, 0.15) is 23.0 Å². The lowest BCUT2D eigenvalue weighted by atomic mass is 9.68. The fourth-order valence-corrected chi connectivity index (χ4v) is 9.60. The summed E-state index contributed by atoms with van der Waals surface area (Å²) < 4.78 is 12.7. The van der Waals surface area contributed by atoms with Gasteiger partial charge in [-0.1, -0.05) is 153 Å². The number of fused-ring (bicyclic) bond motifs is 6. The molecule has 0 aromatic heterocycles. The van der Waals surface area contributed by atoms with Crippen molar-refractivity contribution in [1.29, 1.82) is 0 Å². The van der Waals surface area contributed by atoms with Gasteiger partial charge in [0.05, 0.1) is 24.0 Å². The highest BCUT2D eigenvalue weighted by molar-refractivity contribution is 5.87. The Hall–Kier alpha value is -7.04. The molecule has 4 heteroatoms. The maximum atomic E-state index is 10.2. The number of phenols is 2. The molecule has 0 radical (unpaired) electrons. The third kappa shape index (κ3) is 5.51. The van der Waals surface area contributed by atoms with Crippen LogP contribution in [0.25, 0.3) is 22.3 Å². The van der Waals surface area contributed by atoms with Crippen LogP contribution in [0.4, 0.5) is 0 Å². The minimum absolute atomic E-state index is 0.133. The Morgan fingerprint density at radius 3 is 0.914 bits per heavy atom. The van der Waals surface area contributed by atoms with Crippen LogP contribution in [0.15, 0.2) is 194 Å². The van der Waals surface area contributed by atoms with E-state index in [1.165, 1.54) is 44.5 Å². The van der Waals surface area contributed by atoms with Crippen LogP contribution in [-0.4, -0.2) is 23.4 Å². The van der Waals surface area contributed by atoms with E-state index in [4.69, 9.17) is 9.47 Å². The molecule has 0 atom stereocenters. The summed E-state index contributed by atoms with van der Waals surface area (Å²) in [6, 6.07) is 66.8. The van der Waals surface area contributed by atoms with Crippen molar-refractivity contribution in [2.24, 2.45) is 5.92 Å². The van der Waals surface area contributed by atoms with Crippen LogP contribution in [0, 0.1) is 5.92 Å². The summed E-state index contributed by atoms with van der Waals surface area (Å²) in [7, 11) is 0. The van der Waals surface area contributed by atoms with E-state index in [-0.39, 0.29) is 17.4 Å². The van der Waals surface area contributed by atoms with Gasteiger partial charge in [-0.3, -0.25) is 0 Å². The minimum atomic E-state index is -0.537. The molecule has 2 aliphatic carbocycles. The maximum absolute atomic E-state index is 10.2. The molecule has 2 aliphatic rings. The fourth-order valence-electron chi connectivity index (χ4n) is 9.60.